The lowest BCUT2D eigenvalue weighted by molar-refractivity contribution is 1.10. The van der Waals surface area contributed by atoms with Gasteiger partial charge in [-0.15, -0.1) is 0 Å². The van der Waals surface area contributed by atoms with Crippen LogP contribution in [0.3, 0.4) is 0 Å². The lowest BCUT2D eigenvalue weighted by Gasteiger charge is -2.07. The molecule has 0 aliphatic heterocycles. The van der Waals surface area contributed by atoms with Crippen LogP contribution in [0.1, 0.15) is 17.0 Å². The van der Waals surface area contributed by atoms with Crippen molar-refractivity contribution in [3.8, 4) is 0 Å². The van der Waals surface area contributed by atoms with Gasteiger partial charge in [-0.05, 0) is 36.1 Å². The Morgan fingerprint density at radius 3 is 2.42 bits per heavy atom. The quantitative estimate of drug-likeness (QED) is 0.379. The summed E-state index contributed by atoms with van der Waals surface area (Å²) < 4.78 is 0. The van der Waals surface area contributed by atoms with Gasteiger partial charge in [0.25, 0.3) is 0 Å². The van der Waals surface area contributed by atoms with Crippen molar-refractivity contribution in [2.24, 2.45) is 0 Å². The molecule has 0 saturated carbocycles. The van der Waals surface area contributed by atoms with Crippen LogP contribution < -0.4 is 0 Å². The van der Waals surface area contributed by atoms with E-state index in [-0.39, 0.29) is 0 Å². The Morgan fingerprint density at radius 2 is 1.46 bits per heavy atom. The number of fused-ring (bicyclic) bond motifs is 4. The third-order valence-electron chi connectivity index (χ3n) is 4.92. The van der Waals surface area contributed by atoms with Gasteiger partial charge in [0, 0.05) is 34.0 Å². The van der Waals surface area contributed by atoms with Crippen molar-refractivity contribution in [1.29, 1.82) is 0 Å². The molecule has 0 aliphatic rings. The van der Waals surface area contributed by atoms with E-state index in [1.807, 2.05) is 6.92 Å². The van der Waals surface area contributed by atoms with Gasteiger partial charge in [-0.1, -0.05) is 60.7 Å². The van der Waals surface area contributed by atoms with Gasteiger partial charge >= 0.3 is 0 Å². The Kier molecular flexibility index (Phi) is 3.42. The number of rotatable bonds is 2. The molecule has 0 saturated heterocycles. The van der Waals surface area contributed by atoms with Crippen molar-refractivity contribution in [3.63, 3.8) is 0 Å². The lowest BCUT2D eigenvalue weighted by Crippen LogP contribution is -1.94. The maximum absolute atomic E-state index is 4.98. The maximum atomic E-state index is 4.98. The molecule has 0 amide bonds. The van der Waals surface area contributed by atoms with E-state index in [0.29, 0.717) is 0 Å². The van der Waals surface area contributed by atoms with Crippen molar-refractivity contribution >= 4 is 32.6 Å². The van der Waals surface area contributed by atoms with Gasteiger partial charge in [-0.3, -0.25) is 9.97 Å². The van der Waals surface area contributed by atoms with Crippen molar-refractivity contribution < 1.29 is 0 Å². The fourth-order valence-corrected chi connectivity index (χ4v) is 3.58. The predicted octanol–water partition coefficient (Wildman–Crippen LogP) is 5.84. The van der Waals surface area contributed by atoms with Crippen LogP contribution in [0, 0.1) is 6.92 Å². The van der Waals surface area contributed by atoms with Gasteiger partial charge in [-0.25, -0.2) is 0 Å². The van der Waals surface area contributed by atoms with Crippen LogP contribution >= 0.6 is 0 Å². The van der Waals surface area contributed by atoms with Crippen molar-refractivity contribution in [1.82, 2.24) is 9.97 Å². The highest BCUT2D eigenvalue weighted by atomic mass is 14.7. The second-order valence-corrected chi connectivity index (χ2v) is 6.82. The zero-order valence-corrected chi connectivity index (χ0v) is 14.6. The molecule has 26 heavy (non-hydrogen) atoms. The average Bonchev–Trinajstić information content (AvgIpc) is 2.67. The fraction of sp³-hybridized carbons (Fsp3) is 0.0833. The number of nitrogens with zero attached hydrogens (tertiary/aromatic N) is 2. The zero-order valence-electron chi connectivity index (χ0n) is 14.6. The minimum absolute atomic E-state index is 0.810. The number of aromatic nitrogens is 2. The van der Waals surface area contributed by atoms with E-state index >= 15 is 0 Å². The van der Waals surface area contributed by atoms with E-state index < -0.39 is 0 Å². The Bertz CT molecular complexity index is 1270. The summed E-state index contributed by atoms with van der Waals surface area (Å²) in [5, 5.41) is 4.80. The first-order valence-corrected chi connectivity index (χ1v) is 8.90. The molecule has 0 atom stereocenters. The molecule has 0 bridgehead atoms. The summed E-state index contributed by atoms with van der Waals surface area (Å²) >= 11 is 0. The zero-order chi connectivity index (χ0) is 17.5. The summed E-state index contributed by atoms with van der Waals surface area (Å²) in [6.07, 6.45) is 0.810. The molecule has 5 aromatic rings. The minimum Gasteiger partial charge on any atom is -0.253 e. The molecular formula is C24H18N2. The smallest absolute Gasteiger partial charge is 0.0783 e. The third-order valence-corrected chi connectivity index (χ3v) is 4.92. The summed E-state index contributed by atoms with van der Waals surface area (Å²) in [7, 11) is 0. The van der Waals surface area contributed by atoms with E-state index in [2.05, 4.69) is 83.8 Å². The maximum Gasteiger partial charge on any atom is 0.0783 e. The average molecular weight is 334 g/mol. The summed E-state index contributed by atoms with van der Waals surface area (Å²) in [6, 6.07) is 27.7. The van der Waals surface area contributed by atoms with Crippen molar-refractivity contribution in [2.75, 3.05) is 0 Å². The van der Waals surface area contributed by atoms with Gasteiger partial charge in [0.15, 0.2) is 0 Å². The molecule has 0 fully saturated rings. The topological polar surface area (TPSA) is 25.8 Å². The van der Waals surface area contributed by atoms with E-state index in [9.17, 15) is 0 Å². The molecule has 0 N–H and O–H groups in total. The fourth-order valence-electron chi connectivity index (χ4n) is 3.58. The first-order chi connectivity index (χ1) is 12.8. The second kappa shape index (κ2) is 5.92. The van der Waals surface area contributed by atoms with Crippen LogP contribution in [-0.2, 0) is 6.42 Å². The summed E-state index contributed by atoms with van der Waals surface area (Å²) in [5.74, 6) is 0. The highest BCUT2D eigenvalue weighted by molar-refractivity contribution is 6.05. The summed E-state index contributed by atoms with van der Waals surface area (Å²) in [5.41, 5.74) is 5.50. The van der Waals surface area contributed by atoms with Crippen LogP contribution in [0.15, 0.2) is 78.9 Å². The Balaban J connectivity index is 1.59. The Labute approximate surface area is 152 Å². The van der Waals surface area contributed by atoms with Gasteiger partial charge in [0.2, 0.25) is 0 Å². The molecular weight excluding hydrogens is 316 g/mol. The van der Waals surface area contributed by atoms with Crippen molar-refractivity contribution in [3.05, 3.63) is 95.8 Å². The molecule has 2 heteroatoms. The molecule has 5 rings (SSSR count). The Hall–Kier alpha value is -3.26. The Morgan fingerprint density at radius 1 is 0.692 bits per heavy atom. The molecule has 0 unspecified atom stereocenters. The van der Waals surface area contributed by atoms with Gasteiger partial charge < -0.3 is 0 Å². The summed E-state index contributed by atoms with van der Waals surface area (Å²) in [6.45, 7) is 2.03. The monoisotopic (exact) mass is 334 g/mol. The van der Waals surface area contributed by atoms with Gasteiger partial charge in [0.1, 0.15) is 0 Å². The highest BCUT2D eigenvalue weighted by Gasteiger charge is 2.05. The standard InChI is InChI=1S/C24H18N2/c1-16-6-8-19-9-7-17(15-23(19)25-16)14-21-13-12-20-11-10-18-4-2-3-5-22(18)24(20)26-21/h2-13,15H,14H2,1H3. The van der Waals surface area contributed by atoms with Crippen LogP contribution in [-0.4, -0.2) is 9.97 Å². The van der Waals surface area contributed by atoms with E-state index in [1.54, 1.807) is 0 Å². The number of hydrogen-bond donors (Lipinski definition) is 0. The number of hydrogen-bond acceptors (Lipinski definition) is 2. The predicted molar refractivity (Wildman–Crippen MR) is 109 cm³/mol. The molecule has 0 aliphatic carbocycles. The largest absolute Gasteiger partial charge is 0.253 e. The SMILES string of the molecule is Cc1ccc2ccc(Cc3ccc4ccc5ccccc5c4n3)cc2n1. The minimum atomic E-state index is 0.810. The van der Waals surface area contributed by atoms with Crippen LogP contribution in [0.5, 0.6) is 0 Å². The highest BCUT2D eigenvalue weighted by Crippen LogP contribution is 2.25. The molecule has 0 radical (unpaired) electrons. The molecule has 2 aromatic heterocycles. The second-order valence-electron chi connectivity index (χ2n) is 6.82. The van der Waals surface area contributed by atoms with Crippen LogP contribution in [0.25, 0.3) is 32.6 Å². The first-order valence-electron chi connectivity index (χ1n) is 8.90. The van der Waals surface area contributed by atoms with Crippen LogP contribution in [0.4, 0.5) is 0 Å². The van der Waals surface area contributed by atoms with Crippen molar-refractivity contribution in [2.45, 2.75) is 13.3 Å². The third kappa shape index (κ3) is 2.60. The van der Waals surface area contributed by atoms with E-state index in [1.165, 1.54) is 27.1 Å². The number of aryl methyl sites for hydroxylation is 1. The molecule has 2 nitrogen and oxygen atoms in total. The van der Waals surface area contributed by atoms with Gasteiger partial charge in [-0.2, -0.15) is 0 Å². The van der Waals surface area contributed by atoms with Crippen LogP contribution in [0.2, 0.25) is 0 Å². The molecule has 3 aromatic carbocycles. The van der Waals surface area contributed by atoms with E-state index in [4.69, 9.17) is 4.98 Å². The number of benzene rings is 3. The lowest BCUT2D eigenvalue weighted by atomic mass is 10.0. The summed E-state index contributed by atoms with van der Waals surface area (Å²) in [4.78, 5) is 9.62. The number of pyridine rings is 2. The molecule has 124 valence electrons. The van der Waals surface area contributed by atoms with Gasteiger partial charge in [0.05, 0.1) is 11.0 Å². The first kappa shape index (κ1) is 15.0. The van der Waals surface area contributed by atoms with E-state index in [0.717, 1.165) is 28.8 Å². The molecule has 2 heterocycles. The normalized spacial score (nSPS) is 11.4. The molecule has 0 spiro atoms.